The van der Waals surface area contributed by atoms with E-state index < -0.39 is 10.9 Å². The van der Waals surface area contributed by atoms with Gasteiger partial charge in [0, 0.05) is 25.4 Å². The van der Waals surface area contributed by atoms with Gasteiger partial charge in [-0.3, -0.25) is 9.59 Å². The molecule has 8 nitrogen and oxygen atoms in total. The first-order valence-electron chi connectivity index (χ1n) is 9.57. The number of nitrogens with zero attached hydrogens (tertiary/aromatic N) is 2. The van der Waals surface area contributed by atoms with E-state index in [2.05, 4.69) is 15.6 Å². The number of anilines is 3. The molecular weight excluding hydrogens is 384 g/mol. The second-order valence-electron chi connectivity index (χ2n) is 7.13. The Balaban J connectivity index is 1.58. The normalized spacial score (nSPS) is 12.3. The zero-order valence-corrected chi connectivity index (χ0v) is 16.7. The van der Waals surface area contributed by atoms with Gasteiger partial charge < -0.3 is 25.0 Å². The number of phenolic OH excluding ortho intramolecular Hbond substituents is 1. The Morgan fingerprint density at radius 3 is 2.70 bits per heavy atom. The zero-order chi connectivity index (χ0) is 21.3. The summed E-state index contributed by atoms with van der Waals surface area (Å²) in [5.74, 6) is 0.142. The van der Waals surface area contributed by atoms with Gasteiger partial charge in [0.1, 0.15) is 17.1 Å². The third-order valence-corrected chi connectivity index (χ3v) is 5.07. The lowest BCUT2D eigenvalue weighted by Crippen LogP contribution is -2.37. The highest BCUT2D eigenvalue weighted by atomic mass is 16.5. The second-order valence-corrected chi connectivity index (χ2v) is 7.13. The van der Waals surface area contributed by atoms with E-state index in [0.29, 0.717) is 18.8 Å². The van der Waals surface area contributed by atoms with E-state index in [9.17, 15) is 14.7 Å². The Bertz CT molecular complexity index is 1270. The van der Waals surface area contributed by atoms with Crippen molar-refractivity contribution in [1.29, 1.82) is 0 Å². The summed E-state index contributed by atoms with van der Waals surface area (Å²) in [6, 6.07) is 12.1. The van der Waals surface area contributed by atoms with E-state index >= 15 is 0 Å². The molecule has 8 heteroatoms. The summed E-state index contributed by atoms with van der Waals surface area (Å²) < 4.78 is 7.10. The number of imidazole rings is 1. The lowest BCUT2D eigenvalue weighted by molar-refractivity contribution is 0.188. The largest absolute Gasteiger partial charge is 0.508 e. The van der Waals surface area contributed by atoms with Crippen LogP contribution in [0.5, 0.6) is 5.75 Å². The van der Waals surface area contributed by atoms with Gasteiger partial charge in [-0.1, -0.05) is 12.1 Å². The minimum atomic E-state index is -0.561. The molecule has 4 aromatic rings. The Hall–Kier alpha value is -3.65. The first-order chi connectivity index (χ1) is 14.5. The molecule has 30 heavy (non-hydrogen) atoms. The maximum Gasteiger partial charge on any atom is 0.253 e. The second kappa shape index (κ2) is 8.00. The van der Waals surface area contributed by atoms with Crippen LogP contribution in [0.4, 0.5) is 17.1 Å². The van der Waals surface area contributed by atoms with E-state index in [0.717, 1.165) is 16.6 Å². The minimum absolute atomic E-state index is 0.142. The minimum Gasteiger partial charge on any atom is -0.508 e. The van der Waals surface area contributed by atoms with E-state index in [-0.39, 0.29) is 23.2 Å². The fourth-order valence-electron chi connectivity index (χ4n) is 3.39. The molecule has 0 aliphatic rings. The predicted octanol–water partition coefficient (Wildman–Crippen LogP) is 2.90. The number of nitrogens with one attached hydrogen (secondary N) is 2. The van der Waals surface area contributed by atoms with Crippen molar-refractivity contribution in [3.05, 3.63) is 74.8 Å². The van der Waals surface area contributed by atoms with Crippen LogP contribution in [-0.2, 0) is 11.3 Å². The monoisotopic (exact) mass is 406 g/mol. The maximum absolute atomic E-state index is 12.2. The molecule has 0 saturated carbocycles. The molecule has 0 bridgehead atoms. The first kappa shape index (κ1) is 19.7. The van der Waals surface area contributed by atoms with Gasteiger partial charge in [0.15, 0.2) is 0 Å². The number of phenols is 1. The lowest BCUT2D eigenvalue weighted by atomic mass is 10.1. The molecule has 1 atom stereocenters. The summed E-state index contributed by atoms with van der Waals surface area (Å²) in [4.78, 5) is 28.7. The van der Waals surface area contributed by atoms with Gasteiger partial charge in [0.2, 0.25) is 0 Å². The van der Waals surface area contributed by atoms with Gasteiger partial charge >= 0.3 is 0 Å². The highest BCUT2D eigenvalue weighted by Gasteiger charge is 2.23. The van der Waals surface area contributed by atoms with Gasteiger partial charge in [0.25, 0.3) is 10.9 Å². The standard InChI is InChI=1S/C22H22N4O4/c1-13(14-4-3-5-16(27)10-14)24-19-20(22(29)21(19)28)25-15-6-7-17-18(11-15)26(12-23-17)8-9-30-2/h3-7,10-13,24-25,27H,8-9H2,1-2H3/t13-/m1/s1. The fraction of sp³-hybridized carbons (Fsp3) is 0.227. The molecule has 0 aliphatic heterocycles. The van der Waals surface area contributed by atoms with E-state index in [4.69, 9.17) is 4.74 Å². The Morgan fingerprint density at radius 2 is 1.93 bits per heavy atom. The number of aromatic hydroxyl groups is 1. The van der Waals surface area contributed by atoms with Crippen molar-refractivity contribution >= 4 is 28.1 Å². The van der Waals surface area contributed by atoms with Crippen molar-refractivity contribution in [2.45, 2.75) is 19.5 Å². The van der Waals surface area contributed by atoms with Crippen LogP contribution < -0.4 is 21.5 Å². The molecule has 3 aromatic carbocycles. The average molecular weight is 406 g/mol. The molecule has 0 amide bonds. The lowest BCUT2D eigenvalue weighted by Gasteiger charge is -2.20. The molecule has 0 fully saturated rings. The number of benzene rings is 2. The predicted molar refractivity (Wildman–Crippen MR) is 116 cm³/mol. The summed E-state index contributed by atoms with van der Waals surface area (Å²) in [5.41, 5.74) is 2.57. The van der Waals surface area contributed by atoms with E-state index in [1.165, 1.54) is 0 Å². The van der Waals surface area contributed by atoms with Crippen LogP contribution >= 0.6 is 0 Å². The highest BCUT2D eigenvalue weighted by Crippen LogP contribution is 2.27. The molecule has 0 radical (unpaired) electrons. The highest BCUT2D eigenvalue weighted by molar-refractivity contribution is 5.84. The Kier molecular flexibility index (Phi) is 5.24. The van der Waals surface area contributed by atoms with Gasteiger partial charge in [-0.15, -0.1) is 0 Å². The Labute approximate surface area is 172 Å². The van der Waals surface area contributed by atoms with Crippen LogP contribution in [0.25, 0.3) is 11.0 Å². The summed E-state index contributed by atoms with van der Waals surface area (Å²) in [5, 5.41) is 15.8. The van der Waals surface area contributed by atoms with E-state index in [1.807, 2.05) is 35.8 Å². The number of fused-ring (bicyclic) bond motifs is 1. The number of aromatic nitrogens is 2. The average Bonchev–Trinajstić information content (AvgIpc) is 3.16. The van der Waals surface area contributed by atoms with Crippen molar-refractivity contribution < 1.29 is 9.84 Å². The van der Waals surface area contributed by atoms with Crippen molar-refractivity contribution in [3.8, 4) is 5.75 Å². The molecule has 154 valence electrons. The molecule has 4 rings (SSSR count). The van der Waals surface area contributed by atoms with Crippen LogP contribution in [0.2, 0.25) is 0 Å². The van der Waals surface area contributed by atoms with Gasteiger partial charge in [-0.25, -0.2) is 4.98 Å². The molecule has 0 unspecified atom stereocenters. The summed E-state index contributed by atoms with van der Waals surface area (Å²) >= 11 is 0. The Morgan fingerprint density at radius 1 is 1.13 bits per heavy atom. The SMILES string of the molecule is COCCn1cnc2ccc(Nc3c(N[C@H](C)c4cccc(O)c4)c(=O)c3=O)cc21. The van der Waals surface area contributed by atoms with Crippen molar-refractivity contribution in [2.75, 3.05) is 24.4 Å². The maximum atomic E-state index is 12.2. The number of methoxy groups -OCH3 is 1. The van der Waals surface area contributed by atoms with Crippen LogP contribution in [0, 0.1) is 0 Å². The number of hydrogen-bond acceptors (Lipinski definition) is 7. The topological polar surface area (TPSA) is 105 Å². The molecule has 1 heterocycles. The quantitative estimate of drug-likeness (QED) is 0.386. The van der Waals surface area contributed by atoms with Gasteiger partial charge in [-0.2, -0.15) is 0 Å². The molecule has 3 N–H and O–H groups in total. The first-order valence-corrected chi connectivity index (χ1v) is 9.57. The fourth-order valence-corrected chi connectivity index (χ4v) is 3.39. The zero-order valence-electron chi connectivity index (χ0n) is 16.7. The summed E-state index contributed by atoms with van der Waals surface area (Å²) in [6.45, 7) is 3.07. The molecule has 0 spiro atoms. The van der Waals surface area contributed by atoms with Crippen molar-refractivity contribution in [1.82, 2.24) is 9.55 Å². The van der Waals surface area contributed by atoms with Crippen molar-refractivity contribution in [3.63, 3.8) is 0 Å². The molecule has 0 aliphatic carbocycles. The third kappa shape index (κ3) is 3.65. The van der Waals surface area contributed by atoms with Crippen LogP contribution in [0.15, 0.2) is 58.4 Å². The summed E-state index contributed by atoms with van der Waals surface area (Å²) in [7, 11) is 1.64. The number of rotatable bonds is 8. The number of ether oxygens (including phenoxy) is 1. The van der Waals surface area contributed by atoms with Crippen LogP contribution in [0.3, 0.4) is 0 Å². The van der Waals surface area contributed by atoms with Crippen LogP contribution in [-0.4, -0.2) is 28.4 Å². The van der Waals surface area contributed by atoms with Gasteiger partial charge in [0.05, 0.1) is 24.0 Å². The van der Waals surface area contributed by atoms with Gasteiger partial charge in [-0.05, 0) is 42.8 Å². The van der Waals surface area contributed by atoms with Crippen LogP contribution in [0.1, 0.15) is 18.5 Å². The summed E-state index contributed by atoms with van der Waals surface area (Å²) in [6.07, 6.45) is 1.74. The third-order valence-electron chi connectivity index (χ3n) is 5.07. The smallest absolute Gasteiger partial charge is 0.253 e. The molecule has 0 saturated heterocycles. The molecule has 1 aromatic heterocycles. The van der Waals surface area contributed by atoms with Crippen molar-refractivity contribution in [2.24, 2.45) is 0 Å². The van der Waals surface area contributed by atoms with E-state index in [1.54, 1.807) is 31.6 Å². The molecular formula is C22H22N4O4. The number of hydrogen-bond donors (Lipinski definition) is 3.